The molecule has 20 atom stereocenters. The molecule has 4 heterocycles. The van der Waals surface area contributed by atoms with Crippen LogP contribution in [0.1, 0.15) is 65.0 Å². The van der Waals surface area contributed by atoms with Gasteiger partial charge in [-0.2, -0.15) is 0 Å². The second kappa shape index (κ2) is 38.2. The number of aromatic hydroxyl groups is 1. The SMILES string of the molecule is CC1O[C@H](C)[C@@H](O)C(O)[C@H]1O.CC1O[C@H](C)[C@@H](O)C(O)[C@H]1O.C[C@H]1O[C@@H](O[C@H]2C=CC3[C@@H]4CCC[C@@]35c3c(ccc(O)c3O[C@@H]25)C4)[C@H](O)[C@@H](O)[C@@H]1O.[Ac].[Ac].[Ac].[Ac].[Ac].[Ac].[Ac].[Ac].[Ac].[Ac]. The Labute approximate surface area is 723 Å². The summed E-state index contributed by atoms with van der Waals surface area (Å²) in [5.41, 5.74) is 2.12. The van der Waals surface area contributed by atoms with Crippen LogP contribution in [0, 0.1) is 452 Å². The van der Waals surface area contributed by atoms with E-state index in [2.05, 4.69) is 6.08 Å². The maximum Gasteiger partial charge on any atom is 0.187 e. The average Bonchev–Trinajstić information content (AvgIpc) is 3.47. The van der Waals surface area contributed by atoms with Crippen molar-refractivity contribution >= 4 is 0 Å². The smallest absolute Gasteiger partial charge is 0.187 e. The minimum absolute atomic E-state index is 0. The summed E-state index contributed by atoms with van der Waals surface area (Å²) in [6, 6.07) is 3.74. The van der Waals surface area contributed by atoms with Gasteiger partial charge in [-0.1, -0.05) is 24.6 Å². The van der Waals surface area contributed by atoms with Crippen LogP contribution >= 0.6 is 0 Å². The number of phenolic OH excluding ortho intramolecular Hbond substituents is 1. The van der Waals surface area contributed by atoms with Crippen molar-refractivity contribution in [1.82, 2.24) is 0 Å². The number of aliphatic hydroxyl groups excluding tert-OH is 9. The molecule has 1 aromatic carbocycles. The first-order valence-electron chi connectivity index (χ1n) is 18.4. The standard InChI is InChI=1S/C23H28O7.2C7H14O4.10Ac/c1-10-17(25)18(26)19(27)22(28-10)29-15-7-5-13-11-3-2-8-23(13)16-12(9-11)4-6-14(24)20(16)30-21(15)23;2*1-3-5(8)7(10)6(9)4(2)11-3;;;;;;;;;;/h4-7,10-11,13,15,17-19,21-22,24-27H,2-3,8-9H2,1H3;2*3-10H,1-2H3;;;;;;;;;;/t10-,11-,13?,15+,17-,18+,19-,21+,22+,23+;2*3-,4?,5-,6+,7?;;;;;;;;;;/m111........../s1. The molecule has 2 bridgehead atoms. The number of ether oxygens (including phenoxy) is 5. The molecule has 3 saturated heterocycles. The van der Waals surface area contributed by atoms with E-state index in [0.29, 0.717) is 17.6 Å². The van der Waals surface area contributed by atoms with Crippen molar-refractivity contribution < 1.29 is 515 Å². The second-order valence-corrected chi connectivity index (χ2v) is 15.6. The third kappa shape index (κ3) is 19.0. The molecule has 1 aromatic rings. The van der Waals surface area contributed by atoms with Crippen LogP contribution in [0.4, 0.5) is 0 Å². The summed E-state index contributed by atoms with van der Waals surface area (Å²) in [5, 5.41) is 96.3. The summed E-state index contributed by atoms with van der Waals surface area (Å²) < 4.78 is 28.5. The normalized spacial score (nSPS) is 42.0. The van der Waals surface area contributed by atoms with E-state index in [4.69, 9.17) is 23.7 Å². The van der Waals surface area contributed by atoms with Gasteiger partial charge in [0.25, 0.3) is 0 Å². The van der Waals surface area contributed by atoms with Gasteiger partial charge in [0.1, 0.15) is 67.1 Å². The monoisotopic (exact) mass is 3010 g/mol. The van der Waals surface area contributed by atoms with Gasteiger partial charge in [0, 0.05) is 452 Å². The van der Waals surface area contributed by atoms with Crippen molar-refractivity contribution in [3.05, 3.63) is 35.4 Å². The van der Waals surface area contributed by atoms with Crippen LogP contribution in [0.25, 0.3) is 0 Å². The van der Waals surface area contributed by atoms with Crippen molar-refractivity contribution in [3.8, 4) is 11.5 Å². The van der Waals surface area contributed by atoms with Gasteiger partial charge in [-0.25, -0.2) is 0 Å². The quantitative estimate of drug-likeness (QED) is 0.158. The third-order valence-electron chi connectivity index (χ3n) is 12.3. The number of hydrogen-bond acceptors (Lipinski definition) is 15. The summed E-state index contributed by atoms with van der Waals surface area (Å²) in [5.74, 6) is 1.59. The summed E-state index contributed by atoms with van der Waals surface area (Å²) in [6.07, 6.45) is -5.82. The Morgan fingerprint density at radius 1 is 0.548 bits per heavy atom. The first-order chi connectivity index (χ1) is 24.5. The number of hydrogen-bond donors (Lipinski definition) is 10. The fourth-order valence-electron chi connectivity index (χ4n) is 9.28. The Hall–Kier alpha value is 12.5. The molecule has 10 radical (unpaired) electrons. The van der Waals surface area contributed by atoms with E-state index in [1.165, 1.54) is 12.0 Å². The number of benzene rings is 1. The van der Waals surface area contributed by atoms with Gasteiger partial charge in [-0.05, 0) is 77.3 Å². The van der Waals surface area contributed by atoms with Gasteiger partial charge in [0.05, 0.1) is 30.5 Å². The molecule has 25 heteroatoms. The predicted octanol–water partition coefficient (Wildman–Crippen LogP) is -1.10. The van der Waals surface area contributed by atoms with E-state index < -0.39 is 97.8 Å². The van der Waals surface area contributed by atoms with E-state index in [0.717, 1.165) is 24.8 Å². The van der Waals surface area contributed by atoms with Gasteiger partial charge in [0.15, 0.2) is 17.8 Å². The molecular formula is C37H56Ac10O15. The Morgan fingerprint density at radius 3 is 1.42 bits per heavy atom. The maximum atomic E-state index is 10.5. The minimum Gasteiger partial charge on any atom is -0.504 e. The van der Waals surface area contributed by atoms with E-state index >= 15 is 0 Å². The minimum atomic E-state index is -1.36. The van der Waals surface area contributed by atoms with Gasteiger partial charge in [-0.15, -0.1) is 0 Å². The molecule has 0 aromatic heterocycles. The largest absolute Gasteiger partial charge is 0.504 e. The van der Waals surface area contributed by atoms with Crippen LogP contribution in [-0.4, -0.2) is 155 Å². The number of phenols is 1. The molecular weight excluding hydrogens is 2950 g/mol. The Kier molecular flexibility index (Phi) is 51.3. The van der Waals surface area contributed by atoms with Crippen LogP contribution in [0.3, 0.4) is 0 Å². The van der Waals surface area contributed by atoms with E-state index in [9.17, 15) is 51.1 Å². The molecule has 0 amide bonds. The fraction of sp³-hybridized carbons (Fsp3) is 0.784. The molecule has 4 aliphatic heterocycles. The molecule has 4 fully saturated rings. The zero-order valence-electron chi connectivity index (χ0n) is 35.9. The van der Waals surface area contributed by atoms with E-state index in [1.54, 1.807) is 40.7 Å². The van der Waals surface area contributed by atoms with Crippen LogP contribution in [0.2, 0.25) is 0 Å². The summed E-state index contributed by atoms with van der Waals surface area (Å²) in [4.78, 5) is 0. The number of allylic oxidation sites excluding steroid dienone is 1. The maximum absolute atomic E-state index is 10.5. The molecule has 10 N–H and O–H groups in total. The van der Waals surface area contributed by atoms with Crippen molar-refractivity contribution in [3.63, 3.8) is 0 Å². The van der Waals surface area contributed by atoms with Crippen LogP contribution < -0.4 is 4.74 Å². The summed E-state index contributed by atoms with van der Waals surface area (Å²) >= 11 is 0. The third-order valence-corrected chi connectivity index (χ3v) is 12.3. The Bertz CT molecular complexity index is 1410. The van der Waals surface area contributed by atoms with Crippen LogP contribution in [0.5, 0.6) is 11.5 Å². The topological polar surface area (TPSA) is 248 Å². The summed E-state index contributed by atoms with van der Waals surface area (Å²) in [6.45, 7) is 8.29. The van der Waals surface area contributed by atoms with Crippen LogP contribution in [0.15, 0.2) is 24.3 Å². The molecule has 1 spiro atoms. The van der Waals surface area contributed by atoms with Crippen molar-refractivity contribution in [2.75, 3.05) is 0 Å². The van der Waals surface area contributed by atoms with Crippen LogP contribution in [-0.2, 0) is 30.8 Å². The van der Waals surface area contributed by atoms with Crippen molar-refractivity contribution in [2.24, 2.45) is 11.8 Å². The van der Waals surface area contributed by atoms with E-state index in [1.807, 2.05) is 12.1 Å². The summed E-state index contributed by atoms with van der Waals surface area (Å²) in [7, 11) is 0. The Balaban J connectivity index is -0.000000290. The number of rotatable bonds is 2. The molecule has 5 unspecified atom stereocenters. The van der Waals surface area contributed by atoms with Crippen molar-refractivity contribution in [2.45, 2.75) is 170 Å². The van der Waals surface area contributed by atoms with Gasteiger partial charge < -0.3 is 74.7 Å². The van der Waals surface area contributed by atoms with Gasteiger partial charge in [0.2, 0.25) is 0 Å². The Morgan fingerprint density at radius 2 is 0.968 bits per heavy atom. The molecule has 62 heavy (non-hydrogen) atoms. The second-order valence-electron chi connectivity index (χ2n) is 15.6. The zero-order chi connectivity index (χ0) is 38.0. The fourth-order valence-corrected chi connectivity index (χ4v) is 9.28. The van der Waals surface area contributed by atoms with Crippen molar-refractivity contribution in [1.29, 1.82) is 0 Å². The molecule has 7 aliphatic rings. The van der Waals surface area contributed by atoms with Gasteiger partial charge in [-0.3, -0.25) is 0 Å². The first kappa shape index (κ1) is 83.3. The first-order valence-corrected chi connectivity index (χ1v) is 18.4. The molecule has 3 aliphatic carbocycles. The molecule has 8 rings (SSSR count). The zero-order valence-corrected chi connectivity index (χ0v) is 83.3. The average molecular weight is 3010 g/mol. The number of aliphatic hydroxyl groups is 9. The predicted molar refractivity (Wildman–Crippen MR) is 181 cm³/mol. The molecule has 1 saturated carbocycles. The molecule has 324 valence electrons. The van der Waals surface area contributed by atoms with E-state index in [-0.39, 0.29) is 458 Å². The molecule has 15 nitrogen and oxygen atoms in total. The van der Waals surface area contributed by atoms with Gasteiger partial charge >= 0.3 is 0 Å².